The zero-order valence-electron chi connectivity index (χ0n) is 12.4. The maximum atomic E-state index is 4.67. The van der Waals surface area contributed by atoms with Crippen LogP contribution >= 0.6 is 11.5 Å². The van der Waals surface area contributed by atoms with Gasteiger partial charge in [0.1, 0.15) is 5.82 Å². The van der Waals surface area contributed by atoms with Crippen molar-refractivity contribution in [3.63, 3.8) is 0 Å². The highest BCUT2D eigenvalue weighted by Gasteiger charge is 2.20. The first-order chi connectivity index (χ1) is 10.9. The lowest BCUT2D eigenvalue weighted by Gasteiger charge is -2.35. The lowest BCUT2D eigenvalue weighted by molar-refractivity contribution is 0.249. The fourth-order valence-electron chi connectivity index (χ4n) is 2.96. The molecule has 0 amide bonds. The summed E-state index contributed by atoms with van der Waals surface area (Å²) in [5.74, 6) is 1.16. The molecule has 4 nitrogen and oxygen atoms in total. The normalized spacial score (nSPS) is 16.3. The molecule has 0 atom stereocenters. The predicted octanol–water partition coefficient (Wildman–Crippen LogP) is 3.01. The third-order valence-corrected chi connectivity index (χ3v) is 5.00. The molecule has 1 aliphatic heterocycles. The number of anilines is 1. The monoisotopic (exact) mass is 310 g/mol. The minimum Gasteiger partial charge on any atom is -0.353 e. The molecule has 1 aliphatic rings. The molecule has 0 bridgehead atoms. The first-order valence-corrected chi connectivity index (χ1v) is 8.38. The Balaban J connectivity index is 1.43. The van der Waals surface area contributed by atoms with Gasteiger partial charge < -0.3 is 4.90 Å². The molecule has 0 radical (unpaired) electrons. The van der Waals surface area contributed by atoms with Gasteiger partial charge in [0.05, 0.1) is 4.70 Å². The molecule has 3 aromatic rings. The lowest BCUT2D eigenvalue weighted by Crippen LogP contribution is -2.46. The van der Waals surface area contributed by atoms with Crippen LogP contribution in [-0.2, 0) is 6.54 Å². The van der Waals surface area contributed by atoms with Crippen LogP contribution in [0.25, 0.3) is 10.1 Å². The van der Waals surface area contributed by atoms with E-state index in [0.717, 1.165) is 38.5 Å². The van der Waals surface area contributed by atoms with Crippen LogP contribution in [0.4, 0.5) is 5.82 Å². The molecule has 4 rings (SSSR count). The Morgan fingerprint density at radius 1 is 0.955 bits per heavy atom. The van der Waals surface area contributed by atoms with E-state index in [-0.39, 0.29) is 0 Å². The molecule has 0 aliphatic carbocycles. The van der Waals surface area contributed by atoms with Crippen LogP contribution in [0.15, 0.2) is 48.8 Å². The number of hydrogen-bond acceptors (Lipinski definition) is 5. The number of hydrogen-bond donors (Lipinski definition) is 0. The SMILES string of the molecule is c1ccc2c(N3CCN(Cc4ccncc4)CC3)nsc2c1. The van der Waals surface area contributed by atoms with E-state index in [0.29, 0.717) is 0 Å². The van der Waals surface area contributed by atoms with Crippen molar-refractivity contribution >= 4 is 27.4 Å². The molecule has 1 fully saturated rings. The van der Waals surface area contributed by atoms with E-state index in [9.17, 15) is 0 Å². The van der Waals surface area contributed by atoms with E-state index in [1.807, 2.05) is 12.4 Å². The molecule has 3 heterocycles. The van der Waals surface area contributed by atoms with E-state index in [4.69, 9.17) is 0 Å². The largest absolute Gasteiger partial charge is 0.353 e. The molecule has 1 aromatic carbocycles. The lowest BCUT2D eigenvalue weighted by atomic mass is 10.2. The summed E-state index contributed by atoms with van der Waals surface area (Å²) in [6, 6.07) is 12.7. The zero-order valence-corrected chi connectivity index (χ0v) is 13.2. The number of fused-ring (bicyclic) bond motifs is 1. The average molecular weight is 310 g/mol. The highest BCUT2D eigenvalue weighted by Crippen LogP contribution is 2.29. The van der Waals surface area contributed by atoms with Gasteiger partial charge in [0.25, 0.3) is 0 Å². The van der Waals surface area contributed by atoms with Gasteiger partial charge in [0, 0.05) is 50.5 Å². The highest BCUT2D eigenvalue weighted by atomic mass is 32.1. The van der Waals surface area contributed by atoms with Crippen LogP contribution in [0.5, 0.6) is 0 Å². The topological polar surface area (TPSA) is 32.3 Å². The van der Waals surface area contributed by atoms with Crippen molar-refractivity contribution in [1.29, 1.82) is 0 Å². The quantitative estimate of drug-likeness (QED) is 0.744. The van der Waals surface area contributed by atoms with Crippen LogP contribution in [-0.4, -0.2) is 40.4 Å². The molecule has 5 heteroatoms. The van der Waals surface area contributed by atoms with Crippen molar-refractivity contribution in [2.24, 2.45) is 0 Å². The standard InChI is InChI=1S/C17H18N4S/c1-2-4-16-15(3-1)17(19-22-16)21-11-9-20(10-12-21)13-14-5-7-18-8-6-14/h1-8H,9-13H2. The Bertz CT molecular complexity index is 747. The van der Waals surface area contributed by atoms with Gasteiger partial charge >= 0.3 is 0 Å². The number of benzene rings is 1. The number of piperazine rings is 1. The van der Waals surface area contributed by atoms with Gasteiger partial charge in [-0.3, -0.25) is 9.88 Å². The molecule has 112 valence electrons. The minimum atomic E-state index is 1.01. The summed E-state index contributed by atoms with van der Waals surface area (Å²) in [5, 5.41) is 1.29. The first kappa shape index (κ1) is 13.7. The van der Waals surface area contributed by atoms with Gasteiger partial charge in [-0.25, -0.2) is 0 Å². The Morgan fingerprint density at radius 2 is 1.73 bits per heavy atom. The molecule has 1 saturated heterocycles. The first-order valence-electron chi connectivity index (χ1n) is 7.61. The van der Waals surface area contributed by atoms with Gasteiger partial charge in [-0.2, -0.15) is 4.37 Å². The maximum absolute atomic E-state index is 4.67. The van der Waals surface area contributed by atoms with Gasteiger partial charge in [0.2, 0.25) is 0 Å². The van der Waals surface area contributed by atoms with E-state index >= 15 is 0 Å². The summed E-state index contributed by atoms with van der Waals surface area (Å²) in [7, 11) is 0. The van der Waals surface area contributed by atoms with Crippen LogP contribution in [0.1, 0.15) is 5.56 Å². The number of nitrogens with zero attached hydrogens (tertiary/aromatic N) is 4. The summed E-state index contributed by atoms with van der Waals surface area (Å²) in [4.78, 5) is 9.00. The second kappa shape index (κ2) is 6.02. The molecular weight excluding hydrogens is 292 g/mol. The Labute approximate surface area is 134 Å². The maximum Gasteiger partial charge on any atom is 0.150 e. The van der Waals surface area contributed by atoms with Crippen molar-refractivity contribution in [3.8, 4) is 0 Å². The van der Waals surface area contributed by atoms with E-state index in [1.165, 1.54) is 15.6 Å². The third-order valence-electron chi connectivity index (χ3n) is 4.19. The summed E-state index contributed by atoms with van der Waals surface area (Å²) < 4.78 is 5.94. The number of rotatable bonds is 3. The highest BCUT2D eigenvalue weighted by molar-refractivity contribution is 7.13. The van der Waals surface area contributed by atoms with Gasteiger partial charge in [-0.05, 0) is 41.4 Å². The van der Waals surface area contributed by atoms with Crippen LogP contribution < -0.4 is 4.90 Å². The minimum absolute atomic E-state index is 1.01. The average Bonchev–Trinajstić information content (AvgIpc) is 3.01. The third kappa shape index (κ3) is 2.69. The van der Waals surface area contributed by atoms with E-state index < -0.39 is 0 Å². The second-order valence-electron chi connectivity index (χ2n) is 5.62. The number of pyridine rings is 1. The molecule has 0 spiro atoms. The van der Waals surface area contributed by atoms with Crippen LogP contribution in [0.3, 0.4) is 0 Å². The summed E-state index contributed by atoms with van der Waals surface area (Å²) >= 11 is 1.60. The van der Waals surface area contributed by atoms with Crippen molar-refractivity contribution in [2.75, 3.05) is 31.1 Å². The van der Waals surface area contributed by atoms with E-state index in [1.54, 1.807) is 11.5 Å². The van der Waals surface area contributed by atoms with Crippen molar-refractivity contribution in [2.45, 2.75) is 6.54 Å². The van der Waals surface area contributed by atoms with Gasteiger partial charge in [-0.1, -0.05) is 12.1 Å². The summed E-state index contributed by atoms with van der Waals surface area (Å²) in [6.07, 6.45) is 3.74. The summed E-state index contributed by atoms with van der Waals surface area (Å²) in [6.45, 7) is 5.24. The molecule has 2 aromatic heterocycles. The van der Waals surface area contributed by atoms with Crippen molar-refractivity contribution < 1.29 is 0 Å². The Kier molecular flexibility index (Phi) is 3.74. The molecule has 0 unspecified atom stereocenters. The van der Waals surface area contributed by atoms with Gasteiger partial charge in [0.15, 0.2) is 0 Å². The molecule has 0 N–H and O–H groups in total. The fourth-order valence-corrected chi connectivity index (χ4v) is 3.76. The van der Waals surface area contributed by atoms with E-state index in [2.05, 4.69) is 55.6 Å². The molecule has 0 saturated carbocycles. The van der Waals surface area contributed by atoms with Crippen molar-refractivity contribution in [1.82, 2.24) is 14.3 Å². The smallest absolute Gasteiger partial charge is 0.150 e. The summed E-state index contributed by atoms with van der Waals surface area (Å²) in [5.41, 5.74) is 1.34. The Hall–Kier alpha value is -1.98. The zero-order chi connectivity index (χ0) is 14.8. The predicted molar refractivity (Wildman–Crippen MR) is 91.3 cm³/mol. The van der Waals surface area contributed by atoms with Crippen LogP contribution in [0, 0.1) is 0 Å². The second-order valence-corrected chi connectivity index (χ2v) is 6.43. The fraction of sp³-hybridized carbons (Fsp3) is 0.294. The molecule has 22 heavy (non-hydrogen) atoms. The van der Waals surface area contributed by atoms with Gasteiger partial charge in [-0.15, -0.1) is 0 Å². The number of aromatic nitrogens is 2. The van der Waals surface area contributed by atoms with Crippen molar-refractivity contribution in [3.05, 3.63) is 54.4 Å². The van der Waals surface area contributed by atoms with Crippen LogP contribution in [0.2, 0.25) is 0 Å². The molecular formula is C17H18N4S. The Morgan fingerprint density at radius 3 is 2.55 bits per heavy atom.